The van der Waals surface area contributed by atoms with Crippen LogP contribution in [0, 0.1) is 0 Å². The van der Waals surface area contributed by atoms with Gasteiger partial charge in [0.25, 0.3) is 0 Å². The van der Waals surface area contributed by atoms with Gasteiger partial charge in [0.05, 0.1) is 7.11 Å². The summed E-state index contributed by atoms with van der Waals surface area (Å²) in [6.07, 6.45) is 2.73. The predicted octanol–water partition coefficient (Wildman–Crippen LogP) is 0.792. The highest BCUT2D eigenvalue weighted by molar-refractivity contribution is 5.79. The van der Waals surface area contributed by atoms with E-state index in [-0.39, 0.29) is 0 Å². The van der Waals surface area contributed by atoms with E-state index in [9.17, 15) is 0 Å². The van der Waals surface area contributed by atoms with Gasteiger partial charge in [-0.3, -0.25) is 4.99 Å². The summed E-state index contributed by atoms with van der Waals surface area (Å²) in [7, 11) is 5.05. The zero-order valence-corrected chi connectivity index (χ0v) is 11.8. The highest BCUT2D eigenvalue weighted by atomic mass is 16.5. The van der Waals surface area contributed by atoms with E-state index in [2.05, 4.69) is 20.6 Å². The minimum absolute atomic E-state index is 0.617. The van der Waals surface area contributed by atoms with Crippen LogP contribution in [-0.2, 0) is 11.3 Å². The van der Waals surface area contributed by atoms with Gasteiger partial charge in [-0.1, -0.05) is 6.07 Å². The van der Waals surface area contributed by atoms with Gasteiger partial charge in [-0.25, -0.2) is 4.98 Å². The Morgan fingerprint density at radius 3 is 2.74 bits per heavy atom. The Morgan fingerprint density at radius 1 is 1.32 bits per heavy atom. The fourth-order valence-corrected chi connectivity index (χ4v) is 1.47. The molecule has 0 saturated carbocycles. The molecule has 0 bridgehead atoms. The van der Waals surface area contributed by atoms with Crippen LogP contribution in [0.15, 0.2) is 23.3 Å². The SMILES string of the molecule is CN=C(NCCCOC)NCc1ccc(OC)nc1. The van der Waals surface area contributed by atoms with Crippen LogP contribution >= 0.6 is 0 Å². The molecule has 6 heteroatoms. The first-order valence-corrected chi connectivity index (χ1v) is 6.22. The van der Waals surface area contributed by atoms with Crippen LogP contribution in [-0.4, -0.2) is 45.4 Å². The minimum atomic E-state index is 0.617. The maximum absolute atomic E-state index is 5.01. The minimum Gasteiger partial charge on any atom is -0.481 e. The van der Waals surface area contributed by atoms with Gasteiger partial charge < -0.3 is 20.1 Å². The lowest BCUT2D eigenvalue weighted by Gasteiger charge is -2.11. The van der Waals surface area contributed by atoms with Crippen LogP contribution in [0.4, 0.5) is 0 Å². The molecular formula is C13H22N4O2. The molecular weight excluding hydrogens is 244 g/mol. The fourth-order valence-electron chi connectivity index (χ4n) is 1.47. The van der Waals surface area contributed by atoms with Crippen molar-refractivity contribution in [1.29, 1.82) is 0 Å². The Labute approximate surface area is 114 Å². The largest absolute Gasteiger partial charge is 0.481 e. The smallest absolute Gasteiger partial charge is 0.212 e. The molecule has 1 aromatic heterocycles. The van der Waals surface area contributed by atoms with Crippen molar-refractivity contribution in [3.8, 4) is 5.88 Å². The summed E-state index contributed by atoms with van der Waals surface area (Å²) >= 11 is 0. The van der Waals surface area contributed by atoms with Crippen LogP contribution in [0.5, 0.6) is 5.88 Å². The van der Waals surface area contributed by atoms with Crippen molar-refractivity contribution in [3.63, 3.8) is 0 Å². The molecule has 0 aromatic carbocycles. The number of guanidine groups is 1. The molecule has 0 aliphatic carbocycles. The van der Waals surface area contributed by atoms with E-state index < -0.39 is 0 Å². The van der Waals surface area contributed by atoms with Gasteiger partial charge in [-0.2, -0.15) is 0 Å². The van der Waals surface area contributed by atoms with Gasteiger partial charge in [-0.15, -0.1) is 0 Å². The van der Waals surface area contributed by atoms with Crippen molar-refractivity contribution in [2.45, 2.75) is 13.0 Å². The molecule has 2 N–H and O–H groups in total. The number of rotatable bonds is 7. The number of pyridine rings is 1. The lowest BCUT2D eigenvalue weighted by atomic mass is 10.3. The standard InChI is InChI=1S/C13H22N4O2/c1-14-13(15-7-4-8-18-2)17-10-11-5-6-12(19-3)16-9-11/h5-6,9H,4,7-8,10H2,1-3H3,(H2,14,15,17). The number of hydrogen-bond acceptors (Lipinski definition) is 4. The molecule has 0 unspecified atom stereocenters. The quantitative estimate of drug-likeness (QED) is 0.434. The third-order valence-corrected chi connectivity index (χ3v) is 2.51. The van der Waals surface area contributed by atoms with Crippen molar-refractivity contribution in [1.82, 2.24) is 15.6 Å². The van der Waals surface area contributed by atoms with Crippen LogP contribution in [0.3, 0.4) is 0 Å². The monoisotopic (exact) mass is 266 g/mol. The van der Waals surface area contributed by atoms with Gasteiger partial charge in [-0.05, 0) is 12.0 Å². The summed E-state index contributed by atoms with van der Waals surface area (Å²) < 4.78 is 10.0. The van der Waals surface area contributed by atoms with Crippen LogP contribution < -0.4 is 15.4 Å². The first-order valence-electron chi connectivity index (χ1n) is 6.22. The summed E-state index contributed by atoms with van der Waals surface area (Å²) in [4.78, 5) is 8.29. The second-order valence-electron chi connectivity index (χ2n) is 3.91. The zero-order chi connectivity index (χ0) is 13.9. The molecule has 0 saturated heterocycles. The van der Waals surface area contributed by atoms with Crippen molar-refractivity contribution >= 4 is 5.96 Å². The number of hydrogen-bond donors (Lipinski definition) is 2. The van der Waals surface area contributed by atoms with E-state index >= 15 is 0 Å². The first-order chi connectivity index (χ1) is 9.30. The van der Waals surface area contributed by atoms with Gasteiger partial charge in [0.2, 0.25) is 5.88 Å². The normalized spacial score (nSPS) is 11.2. The van der Waals surface area contributed by atoms with E-state index in [1.54, 1.807) is 27.5 Å². The van der Waals surface area contributed by atoms with Gasteiger partial charge >= 0.3 is 0 Å². The third-order valence-electron chi connectivity index (χ3n) is 2.51. The maximum atomic E-state index is 5.01. The Hall–Kier alpha value is -1.82. The highest BCUT2D eigenvalue weighted by Gasteiger charge is 1.99. The highest BCUT2D eigenvalue weighted by Crippen LogP contribution is 2.05. The maximum Gasteiger partial charge on any atom is 0.212 e. The van der Waals surface area contributed by atoms with Crippen LogP contribution in [0.2, 0.25) is 0 Å². The summed E-state index contributed by atoms with van der Waals surface area (Å²) in [6.45, 7) is 2.24. The van der Waals surface area contributed by atoms with Gasteiger partial charge in [0.1, 0.15) is 0 Å². The topological polar surface area (TPSA) is 67.8 Å². The molecule has 6 nitrogen and oxygen atoms in total. The Bertz CT molecular complexity index is 379. The number of nitrogens with zero attached hydrogens (tertiary/aromatic N) is 2. The number of aliphatic imine (C=N–C) groups is 1. The van der Waals surface area contributed by atoms with Crippen molar-refractivity contribution in [3.05, 3.63) is 23.9 Å². The molecule has 1 rings (SSSR count). The van der Waals surface area contributed by atoms with E-state index in [1.807, 2.05) is 12.1 Å². The molecule has 0 amide bonds. The Kier molecular flexibility index (Phi) is 7.34. The molecule has 1 aromatic rings. The summed E-state index contributed by atoms with van der Waals surface area (Å²) in [6, 6.07) is 3.81. The summed E-state index contributed by atoms with van der Waals surface area (Å²) in [5.74, 6) is 1.39. The number of nitrogens with one attached hydrogen (secondary N) is 2. The van der Waals surface area contributed by atoms with Gasteiger partial charge in [0, 0.05) is 46.1 Å². The second-order valence-corrected chi connectivity index (χ2v) is 3.91. The molecule has 0 aliphatic rings. The van der Waals surface area contributed by atoms with Crippen molar-refractivity contribution in [2.75, 3.05) is 34.4 Å². The molecule has 0 atom stereocenters. The molecule has 0 aliphatic heterocycles. The Morgan fingerprint density at radius 2 is 2.16 bits per heavy atom. The average Bonchev–Trinajstić information content (AvgIpc) is 2.47. The molecule has 106 valence electrons. The fraction of sp³-hybridized carbons (Fsp3) is 0.538. The third kappa shape index (κ3) is 6.05. The molecule has 19 heavy (non-hydrogen) atoms. The lowest BCUT2D eigenvalue weighted by Crippen LogP contribution is -2.37. The predicted molar refractivity (Wildman–Crippen MR) is 75.5 cm³/mol. The first kappa shape index (κ1) is 15.2. The van der Waals surface area contributed by atoms with Crippen molar-refractivity contribution < 1.29 is 9.47 Å². The molecule has 0 spiro atoms. The number of methoxy groups -OCH3 is 2. The molecule has 1 heterocycles. The second kappa shape index (κ2) is 9.16. The van der Waals surface area contributed by atoms with E-state index in [0.717, 1.165) is 31.1 Å². The zero-order valence-electron chi connectivity index (χ0n) is 11.8. The lowest BCUT2D eigenvalue weighted by molar-refractivity contribution is 0.195. The molecule has 0 radical (unpaired) electrons. The number of aromatic nitrogens is 1. The van der Waals surface area contributed by atoms with Crippen LogP contribution in [0.25, 0.3) is 0 Å². The van der Waals surface area contributed by atoms with E-state index in [4.69, 9.17) is 9.47 Å². The van der Waals surface area contributed by atoms with Crippen molar-refractivity contribution in [2.24, 2.45) is 4.99 Å². The Balaban J connectivity index is 2.32. The number of ether oxygens (including phenoxy) is 2. The average molecular weight is 266 g/mol. The van der Waals surface area contributed by atoms with Gasteiger partial charge in [0.15, 0.2) is 5.96 Å². The van der Waals surface area contributed by atoms with E-state index in [0.29, 0.717) is 12.4 Å². The van der Waals surface area contributed by atoms with Crippen LogP contribution in [0.1, 0.15) is 12.0 Å². The van der Waals surface area contributed by atoms with E-state index in [1.165, 1.54) is 0 Å². The molecule has 0 fully saturated rings. The summed E-state index contributed by atoms with van der Waals surface area (Å²) in [5, 5.41) is 6.43. The summed E-state index contributed by atoms with van der Waals surface area (Å²) in [5.41, 5.74) is 1.07.